The fourth-order valence-electron chi connectivity index (χ4n) is 2.71. The van der Waals surface area contributed by atoms with E-state index in [1.807, 2.05) is 42.5 Å². The van der Waals surface area contributed by atoms with E-state index in [1.54, 1.807) is 0 Å². The number of amides is 1. The zero-order valence-corrected chi connectivity index (χ0v) is 18.7. The Kier molecular flexibility index (Phi) is 7.60. The summed E-state index contributed by atoms with van der Waals surface area (Å²) in [6.07, 6.45) is 4.74. The summed E-state index contributed by atoms with van der Waals surface area (Å²) in [6.45, 7) is 10.8. The minimum absolute atomic E-state index is 0.00122. The summed E-state index contributed by atoms with van der Waals surface area (Å²) in [5, 5.41) is 2.98. The minimum Gasteiger partial charge on any atom is -0.461 e. The molecular weight excluding hydrogens is 370 g/mol. The molecule has 0 aromatic heterocycles. The molecule has 0 radical (unpaired) electrons. The maximum Gasteiger partial charge on any atom is 0.334 e. The highest BCUT2D eigenvalue weighted by Gasteiger charge is 2.41. The second-order valence-corrected chi connectivity index (χ2v) is 13.5. The Hall–Kier alpha value is -1.92. The van der Waals surface area contributed by atoms with Gasteiger partial charge < -0.3 is 14.5 Å². The zero-order chi connectivity index (χ0) is 20.8. The number of rotatable bonds is 3. The van der Waals surface area contributed by atoms with Crippen molar-refractivity contribution >= 4 is 20.2 Å². The Morgan fingerprint density at radius 3 is 2.43 bits per heavy atom. The first kappa shape index (κ1) is 22.4. The van der Waals surface area contributed by atoms with Crippen molar-refractivity contribution in [3.63, 3.8) is 0 Å². The number of nitrogens with one attached hydrogen (secondary N) is 1. The molecule has 1 aromatic rings. The monoisotopic (exact) mass is 403 g/mol. The van der Waals surface area contributed by atoms with E-state index in [2.05, 4.69) is 39.2 Å². The number of cyclic esters (lactones) is 1. The predicted octanol–water partition coefficient (Wildman–Crippen LogP) is 4.52. The number of hydrogen-bond acceptors (Lipinski definition) is 4. The van der Waals surface area contributed by atoms with Crippen LogP contribution in [0.15, 0.2) is 42.5 Å². The molecule has 2 atom stereocenters. The van der Waals surface area contributed by atoms with E-state index in [-0.39, 0.29) is 29.6 Å². The summed E-state index contributed by atoms with van der Waals surface area (Å²) in [5.41, 5.74) is 0.915. The van der Waals surface area contributed by atoms with Crippen molar-refractivity contribution in [1.29, 1.82) is 0 Å². The highest BCUT2D eigenvalue weighted by Crippen LogP contribution is 2.37. The molecule has 0 fully saturated rings. The van der Waals surface area contributed by atoms with Crippen LogP contribution in [0.25, 0.3) is 0 Å². The van der Waals surface area contributed by atoms with E-state index >= 15 is 0 Å². The van der Waals surface area contributed by atoms with Crippen molar-refractivity contribution in [1.82, 2.24) is 5.32 Å². The Labute approximate surface area is 169 Å². The van der Waals surface area contributed by atoms with Crippen LogP contribution in [-0.4, -0.2) is 32.9 Å². The second kappa shape index (κ2) is 9.52. The maximum atomic E-state index is 12.8. The molecule has 1 aliphatic heterocycles. The molecule has 0 aliphatic carbocycles. The van der Waals surface area contributed by atoms with Crippen molar-refractivity contribution in [2.45, 2.75) is 70.3 Å². The molecule has 154 valence electrons. The van der Waals surface area contributed by atoms with Gasteiger partial charge in [-0.05, 0) is 30.1 Å². The van der Waals surface area contributed by atoms with Crippen molar-refractivity contribution in [2.75, 3.05) is 6.61 Å². The van der Waals surface area contributed by atoms with Crippen molar-refractivity contribution in [2.24, 2.45) is 0 Å². The molecule has 1 aliphatic rings. The molecule has 6 heteroatoms. The first-order chi connectivity index (χ1) is 13.1. The topological polar surface area (TPSA) is 64.6 Å². The molecule has 2 rings (SSSR count). The summed E-state index contributed by atoms with van der Waals surface area (Å²) >= 11 is 0. The number of allylic oxidation sites excluding steroid dienone is 1. The van der Waals surface area contributed by atoms with Gasteiger partial charge in [-0.25, -0.2) is 4.79 Å². The highest BCUT2D eigenvalue weighted by molar-refractivity contribution is 6.74. The molecule has 1 aromatic carbocycles. The fraction of sp³-hybridized carbons (Fsp3) is 0.545. The van der Waals surface area contributed by atoms with Crippen LogP contribution in [0, 0.1) is 0 Å². The van der Waals surface area contributed by atoms with Gasteiger partial charge in [-0.1, -0.05) is 63.3 Å². The smallest absolute Gasteiger partial charge is 0.334 e. The third-order valence-corrected chi connectivity index (χ3v) is 9.98. The van der Waals surface area contributed by atoms with Crippen LogP contribution in [0.5, 0.6) is 0 Å². The van der Waals surface area contributed by atoms with Crippen LogP contribution in [0.1, 0.15) is 51.6 Å². The molecular formula is C22H33NO4Si. The molecule has 0 bridgehead atoms. The van der Waals surface area contributed by atoms with Gasteiger partial charge >= 0.3 is 5.97 Å². The Bertz CT molecular complexity index is 694. The molecule has 1 N–H and O–H groups in total. The third kappa shape index (κ3) is 6.31. The first-order valence-corrected chi connectivity index (χ1v) is 12.8. The summed E-state index contributed by atoms with van der Waals surface area (Å²) < 4.78 is 12.0. The van der Waals surface area contributed by atoms with Gasteiger partial charge in [0.25, 0.3) is 0 Å². The molecule has 5 nitrogen and oxygen atoms in total. The molecule has 28 heavy (non-hydrogen) atoms. The number of carbonyl (C=O) groups excluding carboxylic acids is 2. The van der Waals surface area contributed by atoms with Crippen molar-refractivity contribution in [3.8, 4) is 0 Å². The van der Waals surface area contributed by atoms with Gasteiger partial charge in [0.15, 0.2) is 8.32 Å². The molecule has 1 heterocycles. The summed E-state index contributed by atoms with van der Waals surface area (Å²) in [7, 11) is -2.12. The standard InChI is InChI=1S/C22H33NO4Si/c1-22(2,3)28(4,5)27-19-14-10-7-11-15-20(24)23-18(16-26-21(19)25)17-12-8-6-9-13-17/h6-10,12-13,18-19H,11,14-16H2,1-5H3,(H,23,24)/t18-,19+/m0/s1. The van der Waals surface area contributed by atoms with E-state index in [1.165, 1.54) is 0 Å². The van der Waals surface area contributed by atoms with Crippen LogP contribution in [0.3, 0.4) is 0 Å². The van der Waals surface area contributed by atoms with E-state index in [9.17, 15) is 9.59 Å². The minimum atomic E-state index is -2.12. The molecule has 0 saturated carbocycles. The second-order valence-electron chi connectivity index (χ2n) is 8.77. The molecule has 0 unspecified atom stereocenters. The Morgan fingerprint density at radius 2 is 1.79 bits per heavy atom. The lowest BCUT2D eigenvalue weighted by molar-refractivity contribution is -0.153. The predicted molar refractivity (Wildman–Crippen MR) is 113 cm³/mol. The van der Waals surface area contributed by atoms with Gasteiger partial charge in [0.05, 0.1) is 6.04 Å². The molecule has 0 saturated heterocycles. The zero-order valence-electron chi connectivity index (χ0n) is 17.7. The fourth-order valence-corrected chi connectivity index (χ4v) is 3.97. The van der Waals surface area contributed by atoms with Gasteiger partial charge in [-0.3, -0.25) is 4.79 Å². The van der Waals surface area contributed by atoms with E-state index in [4.69, 9.17) is 9.16 Å². The van der Waals surface area contributed by atoms with Crippen LogP contribution in [0.4, 0.5) is 0 Å². The lowest BCUT2D eigenvalue weighted by atomic mass is 10.1. The maximum absolute atomic E-state index is 12.8. The van der Waals surface area contributed by atoms with Crippen LogP contribution in [-0.2, 0) is 18.8 Å². The number of ether oxygens (including phenoxy) is 1. The van der Waals surface area contributed by atoms with Crippen LogP contribution in [0.2, 0.25) is 18.1 Å². The number of esters is 1. The summed E-state index contributed by atoms with van der Waals surface area (Å²) in [6, 6.07) is 9.22. The number of carbonyl (C=O) groups is 2. The average Bonchev–Trinajstić information content (AvgIpc) is 2.62. The van der Waals surface area contributed by atoms with Crippen molar-refractivity contribution in [3.05, 3.63) is 48.0 Å². The Morgan fingerprint density at radius 1 is 1.11 bits per heavy atom. The highest BCUT2D eigenvalue weighted by atomic mass is 28.4. The summed E-state index contributed by atoms with van der Waals surface area (Å²) in [4.78, 5) is 25.0. The van der Waals surface area contributed by atoms with Gasteiger partial charge in [0.1, 0.15) is 12.7 Å². The SMILES string of the molecule is CC(C)(C)[Si](C)(C)O[C@@H]1CC=CCCC(=O)N[C@H](c2ccccc2)COC1=O. The average molecular weight is 404 g/mol. The molecule has 1 amide bonds. The number of benzene rings is 1. The Balaban J connectivity index is 2.19. The van der Waals surface area contributed by atoms with Crippen molar-refractivity contribution < 1.29 is 18.8 Å². The van der Waals surface area contributed by atoms with Crippen LogP contribution < -0.4 is 5.32 Å². The van der Waals surface area contributed by atoms with E-state index < -0.39 is 14.4 Å². The van der Waals surface area contributed by atoms with E-state index in [0.29, 0.717) is 19.3 Å². The summed E-state index contributed by atoms with van der Waals surface area (Å²) in [5.74, 6) is -0.422. The van der Waals surface area contributed by atoms with Gasteiger partial charge in [-0.15, -0.1) is 0 Å². The quantitative estimate of drug-likeness (QED) is 0.458. The first-order valence-electron chi connectivity index (χ1n) is 9.94. The van der Waals surface area contributed by atoms with Crippen LogP contribution >= 0.6 is 0 Å². The third-order valence-electron chi connectivity index (χ3n) is 5.49. The normalized spacial score (nSPS) is 22.6. The largest absolute Gasteiger partial charge is 0.461 e. The lowest BCUT2D eigenvalue weighted by Crippen LogP contribution is -2.46. The van der Waals surface area contributed by atoms with Gasteiger partial charge in [-0.2, -0.15) is 0 Å². The van der Waals surface area contributed by atoms with Gasteiger partial charge in [0, 0.05) is 12.8 Å². The molecule has 0 spiro atoms. The van der Waals surface area contributed by atoms with E-state index in [0.717, 1.165) is 5.56 Å². The van der Waals surface area contributed by atoms with Gasteiger partial charge in [0.2, 0.25) is 5.91 Å². The lowest BCUT2D eigenvalue weighted by Gasteiger charge is -2.38. The number of hydrogen-bond donors (Lipinski definition) is 1.